The highest BCUT2D eigenvalue weighted by Crippen LogP contribution is 2.15. The van der Waals surface area contributed by atoms with Crippen LogP contribution in [0.3, 0.4) is 0 Å². The molecule has 4 nitrogen and oxygen atoms in total. The maximum Gasteiger partial charge on any atom is 0.249 e. The molecular weight excluding hydrogens is 216 g/mol. The van der Waals surface area contributed by atoms with Gasteiger partial charge in [-0.1, -0.05) is 24.8 Å². The zero-order valence-electron chi connectivity index (χ0n) is 9.40. The van der Waals surface area contributed by atoms with Crippen LogP contribution in [0, 0.1) is 0 Å². The van der Waals surface area contributed by atoms with Crippen molar-refractivity contribution in [1.82, 2.24) is 5.32 Å². The van der Waals surface area contributed by atoms with Crippen LogP contribution in [0.15, 0.2) is 30.8 Å². The fraction of sp³-hybridized carbons (Fsp3) is 0.231. The molecule has 1 aromatic rings. The summed E-state index contributed by atoms with van der Waals surface area (Å²) in [6, 6.07) is 7.28. The lowest BCUT2D eigenvalue weighted by Gasteiger charge is -2.22. The quantitative estimate of drug-likeness (QED) is 0.774. The molecule has 1 fully saturated rings. The predicted molar refractivity (Wildman–Crippen MR) is 66.3 cm³/mol. The Morgan fingerprint density at radius 3 is 2.59 bits per heavy atom. The second-order valence-electron chi connectivity index (χ2n) is 3.97. The van der Waals surface area contributed by atoms with Gasteiger partial charge in [-0.05, 0) is 24.1 Å². The van der Waals surface area contributed by atoms with Gasteiger partial charge in [0.05, 0.1) is 0 Å². The zero-order valence-corrected chi connectivity index (χ0v) is 9.40. The first-order valence-corrected chi connectivity index (χ1v) is 5.52. The summed E-state index contributed by atoms with van der Waals surface area (Å²) in [5.41, 5.74) is 1.89. The number of amides is 2. The Bertz CT molecular complexity index is 451. The molecule has 1 unspecified atom stereocenters. The SMILES string of the molecule is C=Cc1ccc(NC2CCC(=O)NC2=O)cc1. The molecule has 1 aromatic carbocycles. The van der Waals surface area contributed by atoms with Crippen molar-refractivity contribution in [2.24, 2.45) is 0 Å². The second kappa shape index (κ2) is 4.82. The van der Waals surface area contributed by atoms with Crippen LogP contribution in [0.25, 0.3) is 6.08 Å². The zero-order chi connectivity index (χ0) is 12.3. The lowest BCUT2D eigenvalue weighted by molar-refractivity contribution is -0.133. The fourth-order valence-corrected chi connectivity index (χ4v) is 1.75. The van der Waals surface area contributed by atoms with E-state index in [1.54, 1.807) is 6.08 Å². The number of rotatable bonds is 3. The van der Waals surface area contributed by atoms with Gasteiger partial charge in [0.2, 0.25) is 11.8 Å². The van der Waals surface area contributed by atoms with Gasteiger partial charge in [-0.3, -0.25) is 14.9 Å². The van der Waals surface area contributed by atoms with Crippen LogP contribution < -0.4 is 10.6 Å². The van der Waals surface area contributed by atoms with Crippen LogP contribution in [0.4, 0.5) is 5.69 Å². The summed E-state index contributed by atoms with van der Waals surface area (Å²) in [6.07, 6.45) is 2.68. The summed E-state index contributed by atoms with van der Waals surface area (Å²) in [5, 5.41) is 5.42. The highest BCUT2D eigenvalue weighted by molar-refractivity contribution is 6.01. The van der Waals surface area contributed by atoms with Crippen LogP contribution in [0.5, 0.6) is 0 Å². The summed E-state index contributed by atoms with van der Waals surface area (Å²) in [4.78, 5) is 22.5. The van der Waals surface area contributed by atoms with Crippen molar-refractivity contribution in [3.8, 4) is 0 Å². The van der Waals surface area contributed by atoms with E-state index in [0.717, 1.165) is 11.3 Å². The molecule has 17 heavy (non-hydrogen) atoms. The molecule has 2 N–H and O–H groups in total. The Balaban J connectivity index is 2.02. The molecule has 1 aliphatic heterocycles. The summed E-state index contributed by atoms with van der Waals surface area (Å²) in [5.74, 6) is -0.455. The van der Waals surface area contributed by atoms with Gasteiger partial charge >= 0.3 is 0 Å². The van der Waals surface area contributed by atoms with Gasteiger partial charge in [0, 0.05) is 12.1 Å². The Morgan fingerprint density at radius 2 is 2.00 bits per heavy atom. The summed E-state index contributed by atoms with van der Waals surface area (Å²) in [6.45, 7) is 3.67. The summed E-state index contributed by atoms with van der Waals surface area (Å²) < 4.78 is 0. The van der Waals surface area contributed by atoms with E-state index >= 15 is 0 Å². The third-order valence-corrected chi connectivity index (χ3v) is 2.73. The molecule has 1 heterocycles. The second-order valence-corrected chi connectivity index (χ2v) is 3.97. The molecule has 1 aliphatic rings. The van der Waals surface area contributed by atoms with Crippen molar-refractivity contribution in [3.05, 3.63) is 36.4 Å². The highest BCUT2D eigenvalue weighted by Gasteiger charge is 2.26. The minimum absolute atomic E-state index is 0.199. The molecule has 0 saturated carbocycles. The Morgan fingerprint density at radius 1 is 1.29 bits per heavy atom. The predicted octanol–water partition coefficient (Wildman–Crippen LogP) is 1.55. The lowest BCUT2D eigenvalue weighted by Crippen LogP contribution is -2.47. The standard InChI is InChI=1S/C13H14N2O2/c1-2-9-3-5-10(6-4-9)14-11-7-8-12(16)15-13(11)17/h2-6,11,14H,1,7-8H2,(H,15,16,17). The number of hydrogen-bond acceptors (Lipinski definition) is 3. The molecule has 0 radical (unpaired) electrons. The first-order valence-electron chi connectivity index (χ1n) is 5.52. The Labute approximate surface area is 99.7 Å². The van der Waals surface area contributed by atoms with E-state index < -0.39 is 0 Å². The van der Waals surface area contributed by atoms with Gasteiger partial charge in [0.1, 0.15) is 6.04 Å². The molecule has 0 bridgehead atoms. The summed E-state index contributed by atoms with van der Waals surface area (Å²) in [7, 11) is 0. The number of nitrogens with one attached hydrogen (secondary N) is 2. The van der Waals surface area contributed by atoms with Crippen LogP contribution in [-0.2, 0) is 9.59 Å². The minimum Gasteiger partial charge on any atom is -0.374 e. The third kappa shape index (κ3) is 2.72. The average Bonchev–Trinajstić information content (AvgIpc) is 2.34. The highest BCUT2D eigenvalue weighted by atomic mass is 16.2. The maximum absolute atomic E-state index is 11.5. The first-order chi connectivity index (χ1) is 8.19. The van der Waals surface area contributed by atoms with Crippen molar-refractivity contribution in [2.45, 2.75) is 18.9 Å². The summed E-state index contributed by atoms with van der Waals surface area (Å²) >= 11 is 0. The molecule has 4 heteroatoms. The van der Waals surface area contributed by atoms with Crippen LogP contribution in [-0.4, -0.2) is 17.9 Å². The van der Waals surface area contributed by atoms with E-state index in [9.17, 15) is 9.59 Å². The number of piperidine rings is 1. The lowest BCUT2D eigenvalue weighted by atomic mass is 10.1. The van der Waals surface area contributed by atoms with E-state index in [1.807, 2.05) is 24.3 Å². The maximum atomic E-state index is 11.5. The van der Waals surface area contributed by atoms with E-state index in [0.29, 0.717) is 12.8 Å². The van der Waals surface area contributed by atoms with Crippen molar-refractivity contribution in [2.75, 3.05) is 5.32 Å². The van der Waals surface area contributed by atoms with Crippen LogP contribution in [0.1, 0.15) is 18.4 Å². The third-order valence-electron chi connectivity index (χ3n) is 2.73. The van der Waals surface area contributed by atoms with E-state index in [4.69, 9.17) is 0 Å². The number of hydrogen-bond donors (Lipinski definition) is 2. The van der Waals surface area contributed by atoms with Gasteiger partial charge in [-0.2, -0.15) is 0 Å². The molecule has 2 amide bonds. The number of anilines is 1. The molecule has 1 atom stereocenters. The topological polar surface area (TPSA) is 58.2 Å². The van der Waals surface area contributed by atoms with Crippen LogP contribution >= 0.6 is 0 Å². The van der Waals surface area contributed by atoms with Gasteiger partial charge in [0.15, 0.2) is 0 Å². The van der Waals surface area contributed by atoms with Crippen molar-refractivity contribution in [3.63, 3.8) is 0 Å². The molecule has 1 saturated heterocycles. The van der Waals surface area contributed by atoms with Gasteiger partial charge in [-0.15, -0.1) is 0 Å². The molecule has 0 aliphatic carbocycles. The Kier molecular flexibility index (Phi) is 3.23. The number of carbonyl (C=O) groups excluding carboxylic acids is 2. The average molecular weight is 230 g/mol. The van der Waals surface area contributed by atoms with Crippen molar-refractivity contribution >= 4 is 23.6 Å². The largest absolute Gasteiger partial charge is 0.374 e. The van der Waals surface area contributed by atoms with Gasteiger partial charge in [0.25, 0.3) is 0 Å². The molecular formula is C13H14N2O2. The van der Waals surface area contributed by atoms with Crippen molar-refractivity contribution in [1.29, 1.82) is 0 Å². The first kappa shape index (κ1) is 11.4. The van der Waals surface area contributed by atoms with Gasteiger partial charge in [-0.25, -0.2) is 0 Å². The smallest absolute Gasteiger partial charge is 0.249 e. The molecule has 0 spiro atoms. The number of carbonyl (C=O) groups is 2. The Hall–Kier alpha value is -2.10. The number of benzene rings is 1. The fourth-order valence-electron chi connectivity index (χ4n) is 1.75. The molecule has 2 rings (SSSR count). The van der Waals surface area contributed by atoms with E-state index in [-0.39, 0.29) is 17.9 Å². The minimum atomic E-state index is -0.331. The van der Waals surface area contributed by atoms with E-state index in [2.05, 4.69) is 17.2 Å². The number of imide groups is 1. The molecule has 0 aromatic heterocycles. The monoisotopic (exact) mass is 230 g/mol. The van der Waals surface area contributed by atoms with Gasteiger partial charge < -0.3 is 5.32 Å². The normalized spacial score (nSPS) is 19.6. The van der Waals surface area contributed by atoms with E-state index in [1.165, 1.54) is 0 Å². The molecule has 88 valence electrons. The van der Waals surface area contributed by atoms with Crippen molar-refractivity contribution < 1.29 is 9.59 Å². The van der Waals surface area contributed by atoms with Crippen LogP contribution in [0.2, 0.25) is 0 Å².